The van der Waals surface area contributed by atoms with Crippen LogP contribution in [0.3, 0.4) is 0 Å². The molecule has 0 spiro atoms. The lowest BCUT2D eigenvalue weighted by atomic mass is 10.1. The maximum Gasteiger partial charge on any atom is 0.335 e. The van der Waals surface area contributed by atoms with Crippen LogP contribution >= 0.6 is 0 Å². The van der Waals surface area contributed by atoms with E-state index in [0.717, 1.165) is 0 Å². The Hall–Kier alpha value is -2.57. The number of carboxylic acids is 2. The number of rotatable bonds is 6. The van der Waals surface area contributed by atoms with Crippen molar-refractivity contribution in [1.82, 2.24) is 0 Å². The number of ether oxygens (including phenoxy) is 1. The minimum atomic E-state index is -1.13. The molecule has 0 aliphatic heterocycles. The summed E-state index contributed by atoms with van der Waals surface area (Å²) < 4.78 is 5.58. The van der Waals surface area contributed by atoms with Crippen LogP contribution in [-0.2, 0) is 9.59 Å². The Balaban J connectivity index is 2.27. The van der Waals surface area contributed by atoms with Crippen LogP contribution in [0.5, 0.6) is 5.75 Å². The molecule has 2 atom stereocenters. The normalized spacial score (nSPS) is 21.2. The highest BCUT2D eigenvalue weighted by Gasteiger charge is 2.65. The van der Waals surface area contributed by atoms with Crippen molar-refractivity contribution in [2.75, 3.05) is 5.32 Å². The first-order valence-electron chi connectivity index (χ1n) is 7.63. The predicted molar refractivity (Wildman–Crippen MR) is 86.2 cm³/mol. The second-order valence-electron chi connectivity index (χ2n) is 6.79. The minimum Gasteiger partial charge on any atom is -0.489 e. The Labute approximate surface area is 139 Å². The maximum atomic E-state index is 12.4. The predicted octanol–water partition coefficient (Wildman–Crippen LogP) is 2.47. The summed E-state index contributed by atoms with van der Waals surface area (Å²) in [4.78, 5) is 34.8. The minimum absolute atomic E-state index is 0.00579. The van der Waals surface area contributed by atoms with Crippen molar-refractivity contribution in [2.45, 2.75) is 33.8 Å². The molecule has 3 N–H and O–H groups in total. The highest BCUT2D eigenvalue weighted by atomic mass is 16.5. The zero-order chi connectivity index (χ0) is 18.2. The van der Waals surface area contributed by atoms with Crippen LogP contribution in [0.4, 0.5) is 5.69 Å². The lowest BCUT2D eigenvalue weighted by Crippen LogP contribution is -2.19. The molecule has 7 nitrogen and oxygen atoms in total. The molecular formula is C17H21NO6. The molecule has 1 saturated carbocycles. The van der Waals surface area contributed by atoms with Gasteiger partial charge in [-0.15, -0.1) is 0 Å². The topological polar surface area (TPSA) is 113 Å². The number of aliphatic carboxylic acids is 1. The van der Waals surface area contributed by atoms with Gasteiger partial charge in [0.1, 0.15) is 5.75 Å². The molecule has 1 aromatic carbocycles. The average molecular weight is 335 g/mol. The number of aromatic carboxylic acids is 1. The Kier molecular flexibility index (Phi) is 4.55. The number of nitrogens with one attached hydrogen (secondary N) is 1. The van der Waals surface area contributed by atoms with E-state index in [1.54, 1.807) is 27.7 Å². The van der Waals surface area contributed by atoms with E-state index >= 15 is 0 Å². The SMILES string of the molecule is CC(C)Oc1ccc(C(=O)O)cc1NC(=O)[C@H]1[C@H](C(=O)O)C1(C)C. The number of hydrogen-bond acceptors (Lipinski definition) is 4. The first kappa shape index (κ1) is 17.8. The Morgan fingerprint density at radius 1 is 1.17 bits per heavy atom. The molecule has 0 heterocycles. The third-order valence-corrected chi connectivity index (χ3v) is 4.22. The maximum absolute atomic E-state index is 12.4. The summed E-state index contributed by atoms with van der Waals surface area (Å²) in [7, 11) is 0. The molecule has 0 aromatic heterocycles. The molecule has 7 heteroatoms. The van der Waals surface area contributed by atoms with Crippen molar-refractivity contribution >= 4 is 23.5 Å². The van der Waals surface area contributed by atoms with Crippen LogP contribution in [0, 0.1) is 17.3 Å². The van der Waals surface area contributed by atoms with Gasteiger partial charge in [-0.05, 0) is 37.5 Å². The molecule has 1 aliphatic carbocycles. The smallest absolute Gasteiger partial charge is 0.335 e. The third kappa shape index (κ3) is 3.34. The van der Waals surface area contributed by atoms with Gasteiger partial charge in [-0.1, -0.05) is 13.8 Å². The largest absolute Gasteiger partial charge is 0.489 e. The Morgan fingerprint density at radius 3 is 2.25 bits per heavy atom. The lowest BCUT2D eigenvalue weighted by molar-refractivity contribution is -0.140. The number of hydrogen-bond donors (Lipinski definition) is 3. The van der Waals surface area contributed by atoms with Crippen molar-refractivity contribution in [1.29, 1.82) is 0 Å². The molecule has 0 saturated heterocycles. The average Bonchev–Trinajstić information content (AvgIpc) is 3.03. The molecule has 24 heavy (non-hydrogen) atoms. The van der Waals surface area contributed by atoms with Gasteiger partial charge < -0.3 is 20.3 Å². The molecule has 1 aromatic rings. The summed E-state index contributed by atoms with van der Waals surface area (Å²) in [6.45, 7) is 7.05. The molecule has 0 radical (unpaired) electrons. The summed E-state index contributed by atoms with van der Waals surface area (Å²) in [5.41, 5.74) is -0.411. The summed E-state index contributed by atoms with van der Waals surface area (Å²) in [6.07, 6.45) is -0.166. The number of carboxylic acid groups (broad SMARTS) is 2. The van der Waals surface area contributed by atoms with Crippen molar-refractivity contribution in [3.63, 3.8) is 0 Å². The first-order valence-corrected chi connectivity index (χ1v) is 7.63. The Morgan fingerprint density at radius 2 is 1.79 bits per heavy atom. The van der Waals surface area contributed by atoms with Crippen LogP contribution in [0.25, 0.3) is 0 Å². The standard InChI is InChI=1S/C17H21NO6/c1-8(2)24-11-6-5-9(15(20)21)7-10(11)18-14(19)12-13(16(22)23)17(12,3)4/h5-8,12-13H,1-4H3,(H,18,19)(H,20,21)(H,22,23)/t12-,13-/m1/s1. The van der Waals surface area contributed by atoms with E-state index < -0.39 is 35.1 Å². The van der Waals surface area contributed by atoms with Crippen LogP contribution in [0.1, 0.15) is 38.1 Å². The zero-order valence-electron chi connectivity index (χ0n) is 14.0. The van der Waals surface area contributed by atoms with Gasteiger partial charge in [-0.3, -0.25) is 9.59 Å². The molecular weight excluding hydrogens is 314 g/mol. The van der Waals surface area contributed by atoms with Gasteiger partial charge in [0.05, 0.1) is 29.2 Å². The van der Waals surface area contributed by atoms with Gasteiger partial charge in [0.2, 0.25) is 5.91 Å². The number of anilines is 1. The fourth-order valence-corrected chi connectivity index (χ4v) is 2.92. The zero-order valence-corrected chi connectivity index (χ0v) is 14.0. The summed E-state index contributed by atoms with van der Waals surface area (Å²) in [5, 5.41) is 20.9. The second kappa shape index (κ2) is 6.14. The van der Waals surface area contributed by atoms with Crippen molar-refractivity contribution in [3.8, 4) is 5.75 Å². The van der Waals surface area contributed by atoms with Gasteiger partial charge in [0.15, 0.2) is 0 Å². The van der Waals surface area contributed by atoms with Gasteiger partial charge in [-0.2, -0.15) is 0 Å². The fourth-order valence-electron chi connectivity index (χ4n) is 2.92. The lowest BCUT2D eigenvalue weighted by Gasteiger charge is -2.16. The molecule has 130 valence electrons. The van der Waals surface area contributed by atoms with Gasteiger partial charge in [0, 0.05) is 0 Å². The highest BCUT2D eigenvalue weighted by Crippen LogP contribution is 2.58. The van der Waals surface area contributed by atoms with E-state index in [1.807, 2.05) is 0 Å². The Bertz CT molecular complexity index is 694. The van der Waals surface area contributed by atoms with E-state index in [1.165, 1.54) is 18.2 Å². The summed E-state index contributed by atoms with van der Waals surface area (Å²) >= 11 is 0. The second-order valence-corrected chi connectivity index (χ2v) is 6.79. The van der Waals surface area contributed by atoms with Gasteiger partial charge in [-0.25, -0.2) is 4.79 Å². The first-order chi connectivity index (χ1) is 11.1. The van der Waals surface area contributed by atoms with Crippen molar-refractivity contribution < 1.29 is 29.3 Å². The van der Waals surface area contributed by atoms with E-state index in [0.29, 0.717) is 5.75 Å². The molecule has 1 amide bonds. The van der Waals surface area contributed by atoms with E-state index in [-0.39, 0.29) is 17.4 Å². The van der Waals surface area contributed by atoms with E-state index in [9.17, 15) is 19.5 Å². The number of amides is 1. The molecule has 0 bridgehead atoms. The van der Waals surface area contributed by atoms with Crippen LogP contribution in [0.15, 0.2) is 18.2 Å². The third-order valence-electron chi connectivity index (χ3n) is 4.22. The van der Waals surface area contributed by atoms with E-state index in [4.69, 9.17) is 9.84 Å². The number of carbonyl (C=O) groups is 3. The highest BCUT2D eigenvalue weighted by molar-refractivity contribution is 6.01. The molecule has 1 fully saturated rings. The molecule has 1 aliphatic rings. The van der Waals surface area contributed by atoms with Crippen molar-refractivity contribution in [3.05, 3.63) is 23.8 Å². The number of benzene rings is 1. The summed E-state index contributed by atoms with van der Waals surface area (Å²) in [6, 6.07) is 4.17. The quantitative estimate of drug-likeness (QED) is 0.736. The monoisotopic (exact) mass is 335 g/mol. The molecule has 2 rings (SSSR count). The van der Waals surface area contributed by atoms with Crippen LogP contribution in [0.2, 0.25) is 0 Å². The van der Waals surface area contributed by atoms with Crippen LogP contribution in [-0.4, -0.2) is 34.2 Å². The van der Waals surface area contributed by atoms with Crippen molar-refractivity contribution in [2.24, 2.45) is 17.3 Å². The molecule has 0 unspecified atom stereocenters. The van der Waals surface area contributed by atoms with Gasteiger partial charge in [0.25, 0.3) is 0 Å². The number of carbonyl (C=O) groups excluding carboxylic acids is 1. The summed E-state index contributed by atoms with van der Waals surface area (Å²) in [5.74, 6) is -3.68. The van der Waals surface area contributed by atoms with Gasteiger partial charge >= 0.3 is 11.9 Å². The van der Waals surface area contributed by atoms with E-state index in [2.05, 4.69) is 5.32 Å². The fraction of sp³-hybridized carbons (Fsp3) is 0.471. The van der Waals surface area contributed by atoms with Crippen LogP contribution < -0.4 is 10.1 Å².